The average molecular weight is 553 g/mol. The van der Waals surface area contributed by atoms with Crippen molar-refractivity contribution in [2.24, 2.45) is 0 Å². The molecule has 3 N–H and O–H groups in total. The van der Waals surface area contributed by atoms with Crippen molar-refractivity contribution in [3.05, 3.63) is 99.5 Å². The van der Waals surface area contributed by atoms with Gasteiger partial charge in [0.2, 0.25) is 5.91 Å². The molecular formula is C30H31Cl2N3O3. The van der Waals surface area contributed by atoms with Crippen molar-refractivity contribution in [3.8, 4) is 0 Å². The normalized spacial score (nSPS) is 23.0. The SMILES string of the molecule is O=C(NCCNc1ccccc1)[C@@H]1c2ccccc2C(=O)N([C@H]2CC[C@H](O)CC2)[C@H]1c1ccc(Cl)cc1Cl. The second kappa shape index (κ2) is 11.8. The first-order chi connectivity index (χ1) is 18.4. The maximum absolute atomic E-state index is 14.0. The molecule has 6 nitrogen and oxygen atoms in total. The summed E-state index contributed by atoms with van der Waals surface area (Å²) in [6, 6.07) is 21.6. The molecule has 2 atom stereocenters. The van der Waals surface area contributed by atoms with Gasteiger partial charge in [0.25, 0.3) is 5.91 Å². The molecule has 198 valence electrons. The van der Waals surface area contributed by atoms with Gasteiger partial charge in [-0.15, -0.1) is 0 Å². The van der Waals surface area contributed by atoms with Crippen LogP contribution in [0.5, 0.6) is 0 Å². The van der Waals surface area contributed by atoms with Crippen molar-refractivity contribution in [1.82, 2.24) is 10.2 Å². The number of rotatable bonds is 7. The zero-order chi connectivity index (χ0) is 26.6. The molecule has 0 spiro atoms. The Kier molecular flexibility index (Phi) is 8.22. The van der Waals surface area contributed by atoms with E-state index in [4.69, 9.17) is 23.2 Å². The van der Waals surface area contributed by atoms with Gasteiger partial charge in [-0.05, 0) is 67.1 Å². The van der Waals surface area contributed by atoms with Crippen LogP contribution in [0.3, 0.4) is 0 Å². The lowest BCUT2D eigenvalue weighted by Crippen LogP contribution is -2.52. The van der Waals surface area contributed by atoms with E-state index in [1.54, 1.807) is 18.2 Å². The molecule has 0 aromatic heterocycles. The third-order valence-corrected chi connectivity index (χ3v) is 8.09. The molecule has 0 bridgehead atoms. The highest BCUT2D eigenvalue weighted by Crippen LogP contribution is 2.47. The summed E-state index contributed by atoms with van der Waals surface area (Å²) in [7, 11) is 0. The average Bonchev–Trinajstić information content (AvgIpc) is 2.92. The number of carbonyl (C=O) groups is 2. The van der Waals surface area contributed by atoms with Crippen LogP contribution < -0.4 is 10.6 Å². The highest BCUT2D eigenvalue weighted by molar-refractivity contribution is 6.35. The van der Waals surface area contributed by atoms with Crippen LogP contribution in [0.15, 0.2) is 72.8 Å². The Bertz CT molecular complexity index is 1290. The standard InChI is InChI=1S/C30H31Cl2N3O3/c31-19-10-15-25(26(32)18-19)28-27(29(37)34-17-16-33-20-6-2-1-3-7-20)23-8-4-5-9-24(23)30(38)35(28)21-11-13-22(36)14-12-21/h1-10,15,18,21-22,27-28,33,36H,11-14,16-17H2,(H,34,37)/t21-,22-,27-,28+/m1/s1. The molecule has 5 rings (SSSR count). The second-order valence-electron chi connectivity index (χ2n) is 9.93. The molecule has 1 aliphatic carbocycles. The number of nitrogens with zero attached hydrogens (tertiary/aromatic N) is 1. The molecule has 1 fully saturated rings. The molecule has 8 heteroatoms. The van der Waals surface area contributed by atoms with Gasteiger partial charge in [-0.25, -0.2) is 0 Å². The number of amides is 2. The number of aliphatic hydroxyl groups excluding tert-OH is 1. The summed E-state index contributed by atoms with van der Waals surface area (Å²) in [4.78, 5) is 29.8. The van der Waals surface area contributed by atoms with E-state index in [-0.39, 0.29) is 24.0 Å². The molecule has 1 aliphatic heterocycles. The molecule has 3 aromatic carbocycles. The lowest BCUT2D eigenvalue weighted by Gasteiger charge is -2.47. The fraction of sp³-hybridized carbons (Fsp3) is 0.333. The molecule has 1 heterocycles. The van der Waals surface area contributed by atoms with Crippen LogP contribution in [0.4, 0.5) is 5.69 Å². The minimum atomic E-state index is -0.661. The Morgan fingerprint density at radius 3 is 2.34 bits per heavy atom. The number of aliphatic hydroxyl groups is 1. The lowest BCUT2D eigenvalue weighted by molar-refractivity contribution is -0.124. The van der Waals surface area contributed by atoms with Crippen molar-refractivity contribution < 1.29 is 14.7 Å². The molecule has 0 saturated heterocycles. The summed E-state index contributed by atoms with van der Waals surface area (Å²) in [6.07, 6.45) is 2.17. The third-order valence-electron chi connectivity index (χ3n) is 7.53. The number of nitrogens with one attached hydrogen (secondary N) is 2. The van der Waals surface area contributed by atoms with Crippen molar-refractivity contribution in [2.45, 2.75) is 49.8 Å². The van der Waals surface area contributed by atoms with E-state index < -0.39 is 12.0 Å². The third kappa shape index (κ3) is 5.53. The summed E-state index contributed by atoms with van der Waals surface area (Å²) in [5.41, 5.74) is 2.89. The van der Waals surface area contributed by atoms with Crippen LogP contribution in [0, 0.1) is 0 Å². The second-order valence-corrected chi connectivity index (χ2v) is 10.8. The minimum Gasteiger partial charge on any atom is -0.393 e. The van der Waals surface area contributed by atoms with Crippen LogP contribution in [0.1, 0.15) is 59.1 Å². The Hall–Kier alpha value is -3.06. The summed E-state index contributed by atoms with van der Waals surface area (Å²) >= 11 is 12.9. The van der Waals surface area contributed by atoms with Crippen LogP contribution in [0.25, 0.3) is 0 Å². The molecule has 1 saturated carbocycles. The van der Waals surface area contributed by atoms with E-state index in [2.05, 4.69) is 10.6 Å². The first-order valence-electron chi connectivity index (χ1n) is 13.0. The fourth-order valence-electron chi connectivity index (χ4n) is 5.70. The molecule has 0 unspecified atom stereocenters. The maximum atomic E-state index is 14.0. The van der Waals surface area contributed by atoms with E-state index in [1.165, 1.54) is 0 Å². The number of hydrogen-bond donors (Lipinski definition) is 3. The number of fused-ring (bicyclic) bond motifs is 1. The van der Waals surface area contributed by atoms with Crippen LogP contribution in [0.2, 0.25) is 10.0 Å². The van der Waals surface area contributed by atoms with Gasteiger partial charge in [0.1, 0.15) is 0 Å². The molecule has 0 radical (unpaired) electrons. The molecule has 2 aliphatic rings. The first-order valence-corrected chi connectivity index (χ1v) is 13.8. The Morgan fingerprint density at radius 2 is 1.61 bits per heavy atom. The highest BCUT2D eigenvalue weighted by atomic mass is 35.5. The summed E-state index contributed by atoms with van der Waals surface area (Å²) in [5.74, 6) is -0.948. The summed E-state index contributed by atoms with van der Waals surface area (Å²) in [5, 5.41) is 17.4. The molecule has 3 aromatic rings. The van der Waals surface area contributed by atoms with E-state index >= 15 is 0 Å². The van der Waals surface area contributed by atoms with E-state index in [0.29, 0.717) is 65.5 Å². The largest absolute Gasteiger partial charge is 0.393 e. The van der Waals surface area contributed by atoms with E-state index in [1.807, 2.05) is 59.5 Å². The zero-order valence-electron chi connectivity index (χ0n) is 20.9. The topological polar surface area (TPSA) is 81.7 Å². The molecule has 2 amide bonds. The van der Waals surface area contributed by atoms with Gasteiger partial charge >= 0.3 is 0 Å². The number of para-hydroxylation sites is 1. The Morgan fingerprint density at radius 1 is 0.895 bits per heavy atom. The molecular weight excluding hydrogens is 521 g/mol. The quantitative estimate of drug-likeness (QED) is 0.324. The highest BCUT2D eigenvalue weighted by Gasteiger charge is 2.47. The van der Waals surface area contributed by atoms with E-state index in [0.717, 1.165) is 5.69 Å². The van der Waals surface area contributed by atoms with Crippen molar-refractivity contribution >= 4 is 40.7 Å². The van der Waals surface area contributed by atoms with Crippen molar-refractivity contribution in [3.63, 3.8) is 0 Å². The monoisotopic (exact) mass is 551 g/mol. The number of benzene rings is 3. The van der Waals surface area contributed by atoms with Gasteiger partial charge in [0.05, 0.1) is 18.1 Å². The van der Waals surface area contributed by atoms with Gasteiger partial charge in [-0.3, -0.25) is 9.59 Å². The molecule has 38 heavy (non-hydrogen) atoms. The Labute approximate surface area is 232 Å². The van der Waals surface area contributed by atoms with Crippen LogP contribution in [-0.4, -0.2) is 47.1 Å². The van der Waals surface area contributed by atoms with Crippen LogP contribution in [-0.2, 0) is 4.79 Å². The number of anilines is 1. The van der Waals surface area contributed by atoms with Gasteiger partial charge < -0.3 is 20.6 Å². The number of hydrogen-bond acceptors (Lipinski definition) is 4. The Balaban J connectivity index is 1.50. The van der Waals surface area contributed by atoms with Gasteiger partial charge in [0, 0.05) is 40.4 Å². The van der Waals surface area contributed by atoms with Gasteiger partial charge in [-0.1, -0.05) is 65.7 Å². The van der Waals surface area contributed by atoms with Crippen LogP contribution >= 0.6 is 23.2 Å². The maximum Gasteiger partial charge on any atom is 0.254 e. The predicted molar refractivity (Wildman–Crippen MR) is 151 cm³/mol. The van der Waals surface area contributed by atoms with Crippen molar-refractivity contribution in [1.29, 1.82) is 0 Å². The minimum absolute atomic E-state index is 0.118. The van der Waals surface area contributed by atoms with E-state index in [9.17, 15) is 14.7 Å². The lowest BCUT2D eigenvalue weighted by atomic mass is 9.77. The fourth-order valence-corrected chi connectivity index (χ4v) is 6.22. The van der Waals surface area contributed by atoms with Crippen molar-refractivity contribution in [2.75, 3.05) is 18.4 Å². The zero-order valence-corrected chi connectivity index (χ0v) is 22.5. The summed E-state index contributed by atoms with van der Waals surface area (Å²) < 4.78 is 0. The number of halogens is 2. The first kappa shape index (κ1) is 26.5. The van der Waals surface area contributed by atoms with Gasteiger partial charge in [0.15, 0.2) is 0 Å². The smallest absolute Gasteiger partial charge is 0.254 e. The predicted octanol–water partition coefficient (Wildman–Crippen LogP) is 5.81. The number of carbonyl (C=O) groups excluding carboxylic acids is 2. The summed E-state index contributed by atoms with van der Waals surface area (Å²) in [6.45, 7) is 0.969. The van der Waals surface area contributed by atoms with Gasteiger partial charge in [-0.2, -0.15) is 0 Å².